The molecule has 1 atom stereocenters. The van der Waals surface area contributed by atoms with Crippen LogP contribution >= 0.6 is 11.5 Å². The van der Waals surface area contributed by atoms with Crippen molar-refractivity contribution in [3.63, 3.8) is 0 Å². The quantitative estimate of drug-likeness (QED) is 0.825. The predicted molar refractivity (Wildman–Crippen MR) is 79.1 cm³/mol. The highest BCUT2D eigenvalue weighted by molar-refractivity contribution is 7.09. The number of hydrogen-bond acceptors (Lipinski definition) is 6. The number of aromatic nitrogens is 2. The second kappa shape index (κ2) is 6.63. The molecule has 1 fully saturated rings. The van der Waals surface area contributed by atoms with E-state index in [4.69, 9.17) is 4.74 Å². The molecular weight excluding hydrogens is 260 g/mol. The number of hydrogen-bond donors (Lipinski definition) is 0. The average molecular weight is 284 g/mol. The summed E-state index contributed by atoms with van der Waals surface area (Å²) in [6, 6.07) is 0.493. The number of piperazine rings is 1. The number of anilines is 1. The van der Waals surface area contributed by atoms with E-state index in [0.29, 0.717) is 12.0 Å². The van der Waals surface area contributed by atoms with Gasteiger partial charge in [0.1, 0.15) is 5.82 Å². The molecule has 0 aromatic carbocycles. The molecule has 1 aliphatic heterocycles. The Hall–Kier alpha value is -0.720. The minimum absolute atomic E-state index is 0.410. The zero-order chi connectivity index (χ0) is 13.8. The van der Waals surface area contributed by atoms with Crippen molar-refractivity contribution in [3.8, 4) is 0 Å². The van der Waals surface area contributed by atoms with E-state index in [1.54, 1.807) is 7.11 Å². The second-order valence-corrected chi connectivity index (χ2v) is 6.15. The molecule has 2 rings (SSSR count). The molecule has 0 amide bonds. The fourth-order valence-electron chi connectivity index (χ4n) is 2.29. The van der Waals surface area contributed by atoms with Crippen molar-refractivity contribution in [2.75, 3.05) is 44.8 Å². The molecule has 0 saturated carbocycles. The summed E-state index contributed by atoms with van der Waals surface area (Å²) in [5.74, 6) is 1.38. The van der Waals surface area contributed by atoms with E-state index >= 15 is 0 Å². The highest BCUT2D eigenvalue weighted by atomic mass is 32.1. The lowest BCUT2D eigenvalue weighted by molar-refractivity contribution is 0.0953. The van der Waals surface area contributed by atoms with Crippen LogP contribution in [0.15, 0.2) is 0 Å². The van der Waals surface area contributed by atoms with Crippen molar-refractivity contribution in [1.29, 1.82) is 0 Å². The van der Waals surface area contributed by atoms with Crippen LogP contribution in [-0.2, 0) is 4.74 Å². The standard InChI is InChI=1S/C13H24N4OS/c1-10(2)12-14-13(19-15-12)17-7-5-16(6-8-17)11(3)9-18-4/h10-11H,5-9H2,1-4H3. The highest BCUT2D eigenvalue weighted by Gasteiger charge is 2.23. The van der Waals surface area contributed by atoms with Crippen LogP contribution in [0.25, 0.3) is 0 Å². The first kappa shape index (κ1) is 14.7. The van der Waals surface area contributed by atoms with E-state index in [9.17, 15) is 0 Å². The van der Waals surface area contributed by atoms with Crippen molar-refractivity contribution in [3.05, 3.63) is 5.82 Å². The van der Waals surface area contributed by atoms with Gasteiger partial charge in [-0.3, -0.25) is 4.90 Å². The first-order valence-electron chi connectivity index (χ1n) is 6.93. The lowest BCUT2D eigenvalue weighted by Crippen LogP contribution is -2.50. The Bertz CT molecular complexity index is 388. The lowest BCUT2D eigenvalue weighted by Gasteiger charge is -2.37. The largest absolute Gasteiger partial charge is 0.383 e. The van der Waals surface area contributed by atoms with Gasteiger partial charge in [0, 0.05) is 56.8 Å². The molecule has 2 heterocycles. The molecule has 1 unspecified atom stereocenters. The van der Waals surface area contributed by atoms with E-state index in [1.807, 2.05) is 0 Å². The van der Waals surface area contributed by atoms with Gasteiger partial charge in [-0.05, 0) is 6.92 Å². The Morgan fingerprint density at radius 3 is 2.42 bits per heavy atom. The van der Waals surface area contributed by atoms with Crippen molar-refractivity contribution < 1.29 is 4.74 Å². The Labute approximate surface area is 119 Å². The number of ether oxygens (including phenoxy) is 1. The molecule has 0 aliphatic carbocycles. The number of nitrogens with zero attached hydrogens (tertiary/aromatic N) is 4. The number of rotatable bonds is 5. The maximum atomic E-state index is 5.22. The Morgan fingerprint density at radius 1 is 1.21 bits per heavy atom. The van der Waals surface area contributed by atoms with E-state index in [2.05, 4.69) is 39.9 Å². The van der Waals surface area contributed by atoms with Crippen LogP contribution in [0.2, 0.25) is 0 Å². The Balaban J connectivity index is 1.88. The summed E-state index contributed by atoms with van der Waals surface area (Å²) in [6.45, 7) is 11.5. The van der Waals surface area contributed by atoms with Gasteiger partial charge >= 0.3 is 0 Å². The van der Waals surface area contributed by atoms with Gasteiger partial charge in [-0.15, -0.1) is 0 Å². The van der Waals surface area contributed by atoms with Crippen LogP contribution in [0, 0.1) is 0 Å². The molecule has 1 saturated heterocycles. The first-order valence-corrected chi connectivity index (χ1v) is 7.70. The molecule has 0 bridgehead atoms. The van der Waals surface area contributed by atoms with Gasteiger partial charge in [0.15, 0.2) is 0 Å². The van der Waals surface area contributed by atoms with Crippen LogP contribution in [0.3, 0.4) is 0 Å². The summed E-state index contributed by atoms with van der Waals surface area (Å²) in [7, 11) is 1.77. The molecule has 0 spiro atoms. The SMILES string of the molecule is COCC(C)N1CCN(c2nc(C(C)C)ns2)CC1. The molecule has 1 aromatic heterocycles. The topological polar surface area (TPSA) is 41.5 Å². The van der Waals surface area contributed by atoms with Crippen LogP contribution in [0.4, 0.5) is 5.13 Å². The second-order valence-electron chi connectivity index (χ2n) is 5.42. The van der Waals surface area contributed by atoms with Crippen LogP contribution in [-0.4, -0.2) is 60.2 Å². The van der Waals surface area contributed by atoms with Gasteiger partial charge in [0.05, 0.1) is 6.61 Å². The molecule has 108 valence electrons. The smallest absolute Gasteiger partial charge is 0.205 e. The molecule has 5 nitrogen and oxygen atoms in total. The Kier molecular flexibility index (Phi) is 5.13. The minimum Gasteiger partial charge on any atom is -0.383 e. The first-order chi connectivity index (χ1) is 9.11. The highest BCUT2D eigenvalue weighted by Crippen LogP contribution is 2.22. The third kappa shape index (κ3) is 3.64. The summed E-state index contributed by atoms with van der Waals surface area (Å²) in [4.78, 5) is 9.45. The number of methoxy groups -OCH3 is 1. The fourth-order valence-corrected chi connectivity index (χ4v) is 3.15. The molecule has 1 aromatic rings. The molecule has 6 heteroatoms. The third-order valence-corrected chi connectivity index (χ3v) is 4.35. The molecular formula is C13H24N4OS. The van der Waals surface area contributed by atoms with Crippen LogP contribution in [0.1, 0.15) is 32.5 Å². The van der Waals surface area contributed by atoms with Gasteiger partial charge in [-0.25, -0.2) is 4.98 Å². The van der Waals surface area contributed by atoms with Gasteiger partial charge in [-0.2, -0.15) is 4.37 Å². The van der Waals surface area contributed by atoms with Crippen molar-refractivity contribution >= 4 is 16.7 Å². The maximum absolute atomic E-state index is 5.22. The predicted octanol–water partition coefficient (Wildman–Crippen LogP) is 1.82. The van der Waals surface area contributed by atoms with Crippen LogP contribution in [0.5, 0.6) is 0 Å². The normalized spacial score (nSPS) is 19.1. The van der Waals surface area contributed by atoms with Gasteiger partial charge in [-0.1, -0.05) is 13.8 Å². The summed E-state index contributed by atoms with van der Waals surface area (Å²) in [6.07, 6.45) is 0. The summed E-state index contributed by atoms with van der Waals surface area (Å²) >= 11 is 1.53. The Morgan fingerprint density at radius 2 is 1.89 bits per heavy atom. The van der Waals surface area contributed by atoms with Crippen LogP contribution < -0.4 is 4.90 Å². The zero-order valence-corrected chi connectivity index (χ0v) is 13.1. The minimum atomic E-state index is 0.410. The maximum Gasteiger partial charge on any atom is 0.205 e. The molecule has 1 aliphatic rings. The average Bonchev–Trinajstić information content (AvgIpc) is 2.89. The summed E-state index contributed by atoms with van der Waals surface area (Å²) in [5.41, 5.74) is 0. The van der Waals surface area contributed by atoms with Gasteiger partial charge in [0.2, 0.25) is 5.13 Å². The van der Waals surface area contributed by atoms with Gasteiger partial charge in [0.25, 0.3) is 0 Å². The van der Waals surface area contributed by atoms with Crippen molar-refractivity contribution in [2.24, 2.45) is 0 Å². The van der Waals surface area contributed by atoms with E-state index in [0.717, 1.165) is 43.7 Å². The zero-order valence-electron chi connectivity index (χ0n) is 12.3. The van der Waals surface area contributed by atoms with E-state index in [1.165, 1.54) is 11.5 Å². The summed E-state index contributed by atoms with van der Waals surface area (Å²) < 4.78 is 9.65. The molecule has 0 N–H and O–H groups in total. The fraction of sp³-hybridized carbons (Fsp3) is 0.846. The van der Waals surface area contributed by atoms with Gasteiger partial charge < -0.3 is 9.64 Å². The monoisotopic (exact) mass is 284 g/mol. The van der Waals surface area contributed by atoms with Crippen molar-refractivity contribution in [1.82, 2.24) is 14.3 Å². The summed E-state index contributed by atoms with van der Waals surface area (Å²) in [5, 5.41) is 1.07. The molecule has 0 radical (unpaired) electrons. The van der Waals surface area contributed by atoms with Crippen molar-refractivity contribution in [2.45, 2.75) is 32.7 Å². The lowest BCUT2D eigenvalue weighted by atomic mass is 10.2. The van der Waals surface area contributed by atoms with E-state index in [-0.39, 0.29) is 0 Å². The third-order valence-electron chi connectivity index (χ3n) is 3.56. The molecule has 19 heavy (non-hydrogen) atoms. The van der Waals surface area contributed by atoms with E-state index < -0.39 is 0 Å².